The van der Waals surface area contributed by atoms with E-state index >= 15 is 0 Å². The molecule has 0 aliphatic heterocycles. The minimum Gasteiger partial charge on any atom is -0.497 e. The topological polar surface area (TPSA) is 81.4 Å². The number of hydrogen-bond donors (Lipinski definition) is 1. The molecule has 0 aliphatic rings. The highest BCUT2D eigenvalue weighted by molar-refractivity contribution is 7.89. The van der Waals surface area contributed by atoms with E-state index < -0.39 is 10.0 Å². The molecule has 2 aromatic rings. The van der Waals surface area contributed by atoms with Crippen molar-refractivity contribution in [1.82, 2.24) is 9.71 Å². The van der Waals surface area contributed by atoms with Gasteiger partial charge in [-0.25, -0.2) is 18.1 Å². The zero-order chi connectivity index (χ0) is 14.8. The van der Waals surface area contributed by atoms with E-state index in [9.17, 15) is 8.42 Å². The fraction of sp³-hybridized carbons (Fsp3) is 0.308. The minimum absolute atomic E-state index is 0.0691. The van der Waals surface area contributed by atoms with Crippen molar-refractivity contribution in [3.8, 4) is 5.75 Å². The van der Waals surface area contributed by atoms with E-state index in [1.165, 1.54) is 19.6 Å². The van der Waals surface area contributed by atoms with Gasteiger partial charge in [-0.3, -0.25) is 0 Å². The molecule has 0 amide bonds. The Morgan fingerprint density at radius 3 is 2.65 bits per heavy atom. The molecule has 6 nitrogen and oxygen atoms in total. The largest absolute Gasteiger partial charge is 0.497 e. The van der Waals surface area contributed by atoms with Crippen LogP contribution in [-0.2, 0) is 16.6 Å². The van der Waals surface area contributed by atoms with Crippen LogP contribution in [0, 0.1) is 13.8 Å². The monoisotopic (exact) mass is 296 g/mol. The van der Waals surface area contributed by atoms with Crippen molar-refractivity contribution < 1.29 is 17.6 Å². The summed E-state index contributed by atoms with van der Waals surface area (Å²) in [6, 6.07) is 4.80. The van der Waals surface area contributed by atoms with Gasteiger partial charge in [-0.15, -0.1) is 0 Å². The first-order valence-corrected chi connectivity index (χ1v) is 7.45. The van der Waals surface area contributed by atoms with Crippen LogP contribution in [0.4, 0.5) is 0 Å². The highest BCUT2D eigenvalue weighted by Crippen LogP contribution is 2.21. The molecule has 1 aromatic heterocycles. The molecule has 0 fully saturated rings. The number of benzene rings is 1. The van der Waals surface area contributed by atoms with Crippen molar-refractivity contribution in [3.05, 3.63) is 41.6 Å². The van der Waals surface area contributed by atoms with Crippen molar-refractivity contribution in [2.75, 3.05) is 7.11 Å². The lowest BCUT2D eigenvalue weighted by atomic mass is 10.2. The van der Waals surface area contributed by atoms with Crippen LogP contribution in [0.1, 0.15) is 17.0 Å². The Labute approximate surface area is 117 Å². The van der Waals surface area contributed by atoms with Crippen LogP contribution in [0.2, 0.25) is 0 Å². The zero-order valence-electron chi connectivity index (χ0n) is 11.5. The molecule has 7 heteroatoms. The highest BCUT2D eigenvalue weighted by atomic mass is 32.2. The van der Waals surface area contributed by atoms with Crippen molar-refractivity contribution >= 4 is 10.0 Å². The number of aryl methyl sites for hydroxylation is 2. The Hall–Kier alpha value is -1.86. The van der Waals surface area contributed by atoms with Gasteiger partial charge in [-0.05, 0) is 37.6 Å². The van der Waals surface area contributed by atoms with E-state index in [2.05, 4.69) is 9.71 Å². The van der Waals surface area contributed by atoms with Crippen LogP contribution in [-0.4, -0.2) is 20.5 Å². The number of hydrogen-bond acceptors (Lipinski definition) is 5. The maximum absolute atomic E-state index is 12.2. The number of nitrogens with one attached hydrogen (secondary N) is 1. The molecular formula is C13H16N2O4S. The predicted molar refractivity (Wildman–Crippen MR) is 73.0 cm³/mol. The first-order valence-electron chi connectivity index (χ1n) is 5.97. The zero-order valence-corrected chi connectivity index (χ0v) is 12.3. The van der Waals surface area contributed by atoms with Gasteiger partial charge in [0, 0.05) is 0 Å². The van der Waals surface area contributed by atoms with Crippen molar-refractivity contribution in [3.63, 3.8) is 0 Å². The number of nitrogens with zero attached hydrogens (tertiary/aromatic N) is 1. The van der Waals surface area contributed by atoms with E-state index in [0.717, 1.165) is 0 Å². The van der Waals surface area contributed by atoms with Crippen LogP contribution < -0.4 is 9.46 Å². The number of aromatic nitrogens is 1. The lowest BCUT2D eigenvalue weighted by molar-refractivity contribution is 0.414. The van der Waals surface area contributed by atoms with E-state index in [1.54, 1.807) is 26.0 Å². The van der Waals surface area contributed by atoms with E-state index in [4.69, 9.17) is 9.15 Å². The first kappa shape index (κ1) is 14.5. The highest BCUT2D eigenvalue weighted by Gasteiger charge is 2.18. The summed E-state index contributed by atoms with van der Waals surface area (Å²) in [6.07, 6.45) is 1.29. The van der Waals surface area contributed by atoms with Crippen molar-refractivity contribution in [1.29, 1.82) is 0 Å². The van der Waals surface area contributed by atoms with Crippen molar-refractivity contribution in [2.45, 2.75) is 25.3 Å². The second kappa shape index (κ2) is 5.64. The van der Waals surface area contributed by atoms with Gasteiger partial charge in [0.25, 0.3) is 0 Å². The minimum atomic E-state index is -3.60. The van der Waals surface area contributed by atoms with Gasteiger partial charge in [0.15, 0.2) is 6.39 Å². The van der Waals surface area contributed by atoms with Crippen LogP contribution in [0.5, 0.6) is 5.75 Å². The lowest BCUT2D eigenvalue weighted by Gasteiger charge is -2.10. The number of methoxy groups -OCH3 is 1. The summed E-state index contributed by atoms with van der Waals surface area (Å²) in [5.41, 5.74) is 1.28. The maximum Gasteiger partial charge on any atom is 0.241 e. The Morgan fingerprint density at radius 1 is 1.35 bits per heavy atom. The number of sulfonamides is 1. The molecule has 20 heavy (non-hydrogen) atoms. The van der Waals surface area contributed by atoms with E-state index in [-0.39, 0.29) is 11.4 Å². The van der Waals surface area contributed by atoms with Gasteiger partial charge in [0.05, 0.1) is 24.2 Å². The second-order valence-electron chi connectivity index (χ2n) is 4.32. The molecule has 0 atom stereocenters. The molecule has 0 radical (unpaired) electrons. The van der Waals surface area contributed by atoms with E-state index in [1.807, 2.05) is 0 Å². The molecule has 0 aliphatic carbocycles. The van der Waals surface area contributed by atoms with Crippen LogP contribution >= 0.6 is 0 Å². The third-order valence-corrected chi connectivity index (χ3v) is 4.50. The second-order valence-corrected chi connectivity index (χ2v) is 6.05. The molecule has 0 unspecified atom stereocenters. The molecule has 1 aromatic carbocycles. The average Bonchev–Trinajstić information content (AvgIpc) is 2.81. The van der Waals surface area contributed by atoms with Gasteiger partial charge < -0.3 is 9.15 Å². The third-order valence-electron chi connectivity index (χ3n) is 2.94. The lowest BCUT2D eigenvalue weighted by Crippen LogP contribution is -2.24. The van der Waals surface area contributed by atoms with Crippen LogP contribution in [0.3, 0.4) is 0 Å². The summed E-state index contributed by atoms with van der Waals surface area (Å²) in [6.45, 7) is 3.54. The average molecular weight is 296 g/mol. The fourth-order valence-corrected chi connectivity index (χ4v) is 2.99. The molecule has 0 spiro atoms. The summed E-state index contributed by atoms with van der Waals surface area (Å²) < 4.78 is 37.1. The van der Waals surface area contributed by atoms with E-state index in [0.29, 0.717) is 22.8 Å². The van der Waals surface area contributed by atoms with Gasteiger partial charge in [0.2, 0.25) is 10.0 Å². The number of rotatable bonds is 5. The molecule has 1 heterocycles. The van der Waals surface area contributed by atoms with Crippen LogP contribution in [0.15, 0.2) is 33.9 Å². The van der Waals surface area contributed by atoms with Gasteiger partial charge in [0.1, 0.15) is 11.5 Å². The van der Waals surface area contributed by atoms with Gasteiger partial charge in [-0.1, -0.05) is 0 Å². The molecule has 2 rings (SSSR count). The Kier molecular flexibility index (Phi) is 4.10. The summed E-state index contributed by atoms with van der Waals surface area (Å²) in [5, 5.41) is 0. The molecule has 1 N–H and O–H groups in total. The molecule has 0 saturated heterocycles. The normalized spacial score (nSPS) is 11.6. The quantitative estimate of drug-likeness (QED) is 0.909. The predicted octanol–water partition coefficient (Wildman–Crippen LogP) is 1.78. The molecule has 0 saturated carbocycles. The summed E-state index contributed by atoms with van der Waals surface area (Å²) in [4.78, 5) is 4.13. The van der Waals surface area contributed by atoms with Gasteiger partial charge >= 0.3 is 0 Å². The molecule has 0 bridgehead atoms. The summed E-state index contributed by atoms with van der Waals surface area (Å²) in [5.74, 6) is 1.12. The van der Waals surface area contributed by atoms with Crippen LogP contribution in [0.25, 0.3) is 0 Å². The maximum atomic E-state index is 12.2. The van der Waals surface area contributed by atoms with Gasteiger partial charge in [-0.2, -0.15) is 0 Å². The Balaban J connectivity index is 2.20. The SMILES string of the molecule is COc1ccc(S(=O)(=O)NCc2ocnc2C)c(C)c1. The first-order chi connectivity index (χ1) is 9.44. The van der Waals surface area contributed by atoms with Crippen molar-refractivity contribution in [2.24, 2.45) is 0 Å². The number of ether oxygens (including phenoxy) is 1. The molecular weight excluding hydrogens is 280 g/mol. The Morgan fingerprint density at radius 2 is 2.10 bits per heavy atom. The summed E-state index contributed by atoms with van der Waals surface area (Å²) >= 11 is 0. The molecule has 108 valence electrons. The number of oxazole rings is 1. The third kappa shape index (κ3) is 3.00. The standard InChI is InChI=1S/C13H16N2O4S/c1-9-6-11(18-3)4-5-13(9)20(16,17)15-7-12-10(2)14-8-19-12/h4-6,8,15H,7H2,1-3H3. The summed E-state index contributed by atoms with van der Waals surface area (Å²) in [7, 11) is -2.07. The smallest absolute Gasteiger partial charge is 0.241 e. The Bertz CT molecular complexity index is 707. The fourth-order valence-electron chi connectivity index (χ4n) is 1.78.